The molecule has 3 fully saturated rings. The Bertz CT molecular complexity index is 400. The van der Waals surface area contributed by atoms with E-state index in [2.05, 4.69) is 12.2 Å². The number of likely N-dealkylation sites (tertiary alicyclic amines) is 1. The zero-order valence-corrected chi connectivity index (χ0v) is 13.1. The normalized spacial score (nSPS) is 29.2. The van der Waals surface area contributed by atoms with Gasteiger partial charge in [0.15, 0.2) is 0 Å². The predicted molar refractivity (Wildman–Crippen MR) is 81.7 cm³/mol. The van der Waals surface area contributed by atoms with Gasteiger partial charge in [-0.15, -0.1) is 0 Å². The Hall–Kier alpha value is -0.900. The first-order chi connectivity index (χ1) is 10.2. The van der Waals surface area contributed by atoms with Crippen LogP contribution in [0.3, 0.4) is 0 Å². The lowest BCUT2D eigenvalue weighted by Crippen LogP contribution is -2.47. The zero-order valence-electron chi connectivity index (χ0n) is 13.1. The Kier molecular flexibility index (Phi) is 4.63. The van der Waals surface area contributed by atoms with E-state index in [0.717, 1.165) is 44.4 Å². The van der Waals surface area contributed by atoms with Gasteiger partial charge in [-0.3, -0.25) is 14.5 Å². The average Bonchev–Trinajstić information content (AvgIpc) is 3.26. The van der Waals surface area contributed by atoms with Crippen molar-refractivity contribution in [2.24, 2.45) is 5.92 Å². The fourth-order valence-corrected chi connectivity index (χ4v) is 3.90. The second-order valence-corrected chi connectivity index (χ2v) is 7.10. The minimum absolute atomic E-state index is 0.0427. The van der Waals surface area contributed by atoms with Crippen LogP contribution in [0, 0.1) is 5.92 Å². The van der Waals surface area contributed by atoms with Crippen molar-refractivity contribution in [1.82, 2.24) is 10.2 Å². The lowest BCUT2D eigenvalue weighted by molar-refractivity contribution is -0.142. The first kappa shape index (κ1) is 15.0. The standard InChI is InChI=1S/C17H28N2O2/c1-2-13(10-12-8-9-12)18-15-11-16(20)19(17(15)21)14-6-4-3-5-7-14/h12-15,18H,2-11H2,1H3. The summed E-state index contributed by atoms with van der Waals surface area (Å²) in [5.41, 5.74) is 0. The maximum Gasteiger partial charge on any atom is 0.247 e. The Morgan fingerprint density at radius 1 is 1.14 bits per heavy atom. The predicted octanol–water partition coefficient (Wildman–Crippen LogP) is 2.61. The number of carbonyl (C=O) groups is 2. The summed E-state index contributed by atoms with van der Waals surface area (Å²) in [5.74, 6) is 0.941. The van der Waals surface area contributed by atoms with Gasteiger partial charge in [0.1, 0.15) is 0 Å². The molecule has 2 aliphatic carbocycles. The number of amides is 2. The molecule has 0 radical (unpaired) electrons. The van der Waals surface area contributed by atoms with Crippen LogP contribution in [0.4, 0.5) is 0 Å². The SMILES string of the molecule is CCC(CC1CC1)NC1CC(=O)N(C2CCCCC2)C1=O. The molecule has 0 aromatic carbocycles. The summed E-state index contributed by atoms with van der Waals surface area (Å²) in [6, 6.07) is 0.308. The van der Waals surface area contributed by atoms with Crippen molar-refractivity contribution in [3.8, 4) is 0 Å². The molecule has 1 N–H and O–H groups in total. The van der Waals surface area contributed by atoms with Gasteiger partial charge in [-0.2, -0.15) is 0 Å². The summed E-state index contributed by atoms with van der Waals surface area (Å²) in [6.45, 7) is 2.17. The molecule has 0 bridgehead atoms. The van der Waals surface area contributed by atoms with Crippen LogP contribution < -0.4 is 5.32 Å². The maximum atomic E-state index is 12.6. The van der Waals surface area contributed by atoms with E-state index in [4.69, 9.17) is 0 Å². The monoisotopic (exact) mass is 292 g/mol. The summed E-state index contributed by atoms with van der Waals surface area (Å²) in [6.07, 6.45) is 10.8. The summed E-state index contributed by atoms with van der Waals surface area (Å²) in [4.78, 5) is 26.5. The van der Waals surface area contributed by atoms with Crippen molar-refractivity contribution in [2.75, 3.05) is 0 Å². The molecule has 2 saturated carbocycles. The van der Waals surface area contributed by atoms with Crippen molar-refractivity contribution >= 4 is 11.8 Å². The van der Waals surface area contributed by atoms with E-state index in [0.29, 0.717) is 12.5 Å². The first-order valence-corrected chi connectivity index (χ1v) is 8.81. The van der Waals surface area contributed by atoms with Gasteiger partial charge < -0.3 is 5.32 Å². The quantitative estimate of drug-likeness (QED) is 0.766. The van der Waals surface area contributed by atoms with Crippen LogP contribution in [-0.4, -0.2) is 34.8 Å². The fraction of sp³-hybridized carbons (Fsp3) is 0.882. The van der Waals surface area contributed by atoms with Crippen LogP contribution in [0.2, 0.25) is 0 Å². The van der Waals surface area contributed by atoms with E-state index in [-0.39, 0.29) is 23.9 Å². The number of imide groups is 1. The third kappa shape index (κ3) is 3.47. The smallest absolute Gasteiger partial charge is 0.247 e. The van der Waals surface area contributed by atoms with Gasteiger partial charge in [0, 0.05) is 12.1 Å². The highest BCUT2D eigenvalue weighted by atomic mass is 16.2. The minimum atomic E-state index is -0.261. The molecule has 3 rings (SSSR count). The minimum Gasteiger partial charge on any atom is -0.303 e. The van der Waals surface area contributed by atoms with Crippen LogP contribution in [0.1, 0.15) is 71.1 Å². The zero-order chi connectivity index (χ0) is 14.8. The number of nitrogens with zero attached hydrogens (tertiary/aromatic N) is 1. The molecule has 1 saturated heterocycles. The molecule has 0 aromatic rings. The molecule has 0 spiro atoms. The number of nitrogens with one attached hydrogen (secondary N) is 1. The molecule has 2 atom stereocenters. The Balaban J connectivity index is 1.59. The van der Waals surface area contributed by atoms with Gasteiger partial charge in [-0.05, 0) is 31.6 Å². The van der Waals surface area contributed by atoms with Gasteiger partial charge in [-0.1, -0.05) is 39.0 Å². The van der Waals surface area contributed by atoms with E-state index >= 15 is 0 Å². The van der Waals surface area contributed by atoms with Crippen molar-refractivity contribution in [3.05, 3.63) is 0 Å². The number of carbonyl (C=O) groups excluding carboxylic acids is 2. The Morgan fingerprint density at radius 2 is 1.86 bits per heavy atom. The third-order valence-electron chi connectivity index (χ3n) is 5.37. The number of hydrogen-bond acceptors (Lipinski definition) is 3. The van der Waals surface area contributed by atoms with E-state index < -0.39 is 0 Å². The summed E-state index contributed by atoms with van der Waals surface area (Å²) >= 11 is 0. The topological polar surface area (TPSA) is 49.4 Å². The van der Waals surface area contributed by atoms with Crippen LogP contribution >= 0.6 is 0 Å². The highest BCUT2D eigenvalue weighted by Crippen LogP contribution is 2.34. The number of rotatable bonds is 6. The molecule has 1 heterocycles. The summed E-state index contributed by atoms with van der Waals surface area (Å²) in [5, 5.41) is 3.47. The number of hydrogen-bond donors (Lipinski definition) is 1. The second kappa shape index (κ2) is 6.47. The molecule has 0 aromatic heterocycles. The van der Waals surface area contributed by atoms with Crippen molar-refractivity contribution < 1.29 is 9.59 Å². The average molecular weight is 292 g/mol. The van der Waals surface area contributed by atoms with E-state index in [1.807, 2.05) is 0 Å². The first-order valence-electron chi connectivity index (χ1n) is 8.81. The van der Waals surface area contributed by atoms with E-state index in [9.17, 15) is 9.59 Å². The van der Waals surface area contributed by atoms with Crippen molar-refractivity contribution in [1.29, 1.82) is 0 Å². The lowest BCUT2D eigenvalue weighted by atomic mass is 9.94. The molecule has 3 aliphatic rings. The van der Waals surface area contributed by atoms with Crippen LogP contribution in [0.25, 0.3) is 0 Å². The highest BCUT2D eigenvalue weighted by molar-refractivity contribution is 6.05. The summed E-state index contributed by atoms with van der Waals surface area (Å²) in [7, 11) is 0. The van der Waals surface area contributed by atoms with Crippen LogP contribution in [0.15, 0.2) is 0 Å². The van der Waals surface area contributed by atoms with Crippen molar-refractivity contribution in [2.45, 2.75) is 89.3 Å². The molecular weight excluding hydrogens is 264 g/mol. The van der Waals surface area contributed by atoms with Crippen molar-refractivity contribution in [3.63, 3.8) is 0 Å². The molecule has 2 unspecified atom stereocenters. The molecular formula is C17H28N2O2. The Labute approximate surface area is 127 Å². The molecule has 1 aliphatic heterocycles. The highest BCUT2D eigenvalue weighted by Gasteiger charge is 2.43. The van der Waals surface area contributed by atoms with Gasteiger partial charge >= 0.3 is 0 Å². The molecule has 21 heavy (non-hydrogen) atoms. The fourth-order valence-electron chi connectivity index (χ4n) is 3.90. The van der Waals surface area contributed by atoms with Crippen LogP contribution in [0.5, 0.6) is 0 Å². The molecule has 4 nitrogen and oxygen atoms in total. The van der Waals surface area contributed by atoms with Gasteiger partial charge in [0.25, 0.3) is 0 Å². The molecule has 4 heteroatoms. The van der Waals surface area contributed by atoms with Gasteiger partial charge in [-0.25, -0.2) is 0 Å². The summed E-state index contributed by atoms with van der Waals surface area (Å²) < 4.78 is 0. The third-order valence-corrected chi connectivity index (χ3v) is 5.37. The Morgan fingerprint density at radius 3 is 2.48 bits per heavy atom. The lowest BCUT2D eigenvalue weighted by Gasteiger charge is -2.30. The maximum absolute atomic E-state index is 12.6. The molecule has 2 amide bonds. The van der Waals surface area contributed by atoms with Crippen LogP contribution in [-0.2, 0) is 9.59 Å². The largest absolute Gasteiger partial charge is 0.303 e. The van der Waals surface area contributed by atoms with E-state index in [1.165, 1.54) is 19.3 Å². The van der Waals surface area contributed by atoms with Gasteiger partial charge in [0.2, 0.25) is 11.8 Å². The molecule has 118 valence electrons. The van der Waals surface area contributed by atoms with E-state index in [1.54, 1.807) is 4.90 Å². The van der Waals surface area contributed by atoms with Gasteiger partial charge in [0.05, 0.1) is 12.5 Å². The second-order valence-electron chi connectivity index (χ2n) is 7.10.